The zero-order valence-electron chi connectivity index (χ0n) is 15.0. The number of rotatable bonds is 3. The van der Waals surface area contributed by atoms with E-state index in [0.29, 0.717) is 0 Å². The highest BCUT2D eigenvalue weighted by molar-refractivity contribution is 6.29. The van der Waals surface area contributed by atoms with Crippen LogP contribution in [0.15, 0.2) is 22.7 Å². The predicted molar refractivity (Wildman–Crippen MR) is 89.7 cm³/mol. The number of pyridine rings is 1. The van der Waals surface area contributed by atoms with Crippen LogP contribution >= 0.6 is 0 Å². The molecule has 0 unspecified atom stereocenters. The van der Waals surface area contributed by atoms with Crippen LogP contribution in [0.5, 0.6) is 0 Å². The Labute approximate surface area is 154 Å². The molecular formula is C19H17NO7. The molecule has 1 atom stereocenters. The number of ketones is 2. The van der Waals surface area contributed by atoms with E-state index in [0.717, 1.165) is 0 Å². The van der Waals surface area contributed by atoms with E-state index in [1.54, 1.807) is 19.9 Å². The van der Waals surface area contributed by atoms with Crippen LogP contribution in [0.1, 0.15) is 62.1 Å². The van der Waals surface area contributed by atoms with Gasteiger partial charge in [0, 0.05) is 6.20 Å². The molecule has 0 N–H and O–H groups in total. The summed E-state index contributed by atoms with van der Waals surface area (Å²) in [6, 6.07) is 3.06. The highest BCUT2D eigenvalue weighted by Crippen LogP contribution is 2.33. The first-order valence-electron chi connectivity index (χ1n) is 8.45. The minimum atomic E-state index is -0.758. The van der Waals surface area contributed by atoms with E-state index in [-0.39, 0.29) is 47.1 Å². The van der Waals surface area contributed by atoms with Crippen LogP contribution in [0.25, 0.3) is 0 Å². The molecule has 3 heterocycles. The molecule has 0 amide bonds. The lowest BCUT2D eigenvalue weighted by molar-refractivity contribution is -0.142. The summed E-state index contributed by atoms with van der Waals surface area (Å²) in [4.78, 5) is 42.0. The van der Waals surface area contributed by atoms with Crippen molar-refractivity contribution in [2.24, 2.45) is 0 Å². The van der Waals surface area contributed by atoms with Crippen LogP contribution in [0.4, 0.5) is 0 Å². The van der Waals surface area contributed by atoms with Crippen molar-refractivity contribution in [3.05, 3.63) is 52.2 Å². The van der Waals surface area contributed by atoms with Crippen molar-refractivity contribution in [2.75, 3.05) is 13.2 Å². The summed E-state index contributed by atoms with van der Waals surface area (Å²) in [6.07, 6.45) is 1.01. The molecule has 0 saturated carbocycles. The minimum absolute atomic E-state index is 0.000809. The van der Waals surface area contributed by atoms with E-state index < -0.39 is 29.4 Å². The molecule has 0 bridgehead atoms. The number of hydrogen-bond donors (Lipinski definition) is 0. The van der Waals surface area contributed by atoms with Crippen LogP contribution in [0.3, 0.4) is 0 Å². The summed E-state index contributed by atoms with van der Waals surface area (Å²) in [5, 5.41) is 0. The molecule has 8 nitrogen and oxygen atoms in total. The third-order valence-electron chi connectivity index (χ3n) is 4.46. The number of aryl methyl sites for hydroxylation is 1. The van der Waals surface area contributed by atoms with Gasteiger partial charge in [-0.2, -0.15) is 0 Å². The highest BCUT2D eigenvalue weighted by atomic mass is 16.7. The van der Waals surface area contributed by atoms with Crippen LogP contribution < -0.4 is 0 Å². The number of nitrogens with zero attached hydrogens (tertiary/aromatic N) is 1. The van der Waals surface area contributed by atoms with Gasteiger partial charge in [-0.25, -0.2) is 4.79 Å². The molecule has 2 aliphatic rings. The van der Waals surface area contributed by atoms with Crippen LogP contribution in [-0.2, 0) is 14.2 Å². The van der Waals surface area contributed by atoms with Crippen molar-refractivity contribution in [3.8, 4) is 0 Å². The number of fused-ring (bicyclic) bond motifs is 2. The molecule has 2 aromatic heterocycles. The molecule has 0 spiro atoms. The fourth-order valence-corrected chi connectivity index (χ4v) is 3.26. The molecule has 1 aliphatic heterocycles. The van der Waals surface area contributed by atoms with Crippen LogP contribution in [-0.4, -0.2) is 47.6 Å². The standard InChI is InChI=1S/C19H17NO7/c1-9-12(18(23)24-7-10-8-25-19(2,3)27-10)13-16(22)14-11(5-4-6-20-14)15(21)17(13)26-9/h4-6,10H,7-8H2,1-3H3/t10-/m0/s1. The van der Waals surface area contributed by atoms with Crippen molar-refractivity contribution >= 4 is 17.5 Å². The molecule has 27 heavy (non-hydrogen) atoms. The minimum Gasteiger partial charge on any atom is -0.459 e. The van der Waals surface area contributed by atoms with Gasteiger partial charge in [-0.3, -0.25) is 14.6 Å². The number of carbonyl (C=O) groups is 3. The van der Waals surface area contributed by atoms with E-state index in [1.165, 1.54) is 19.2 Å². The van der Waals surface area contributed by atoms with Gasteiger partial charge in [0.15, 0.2) is 11.5 Å². The lowest BCUT2D eigenvalue weighted by Crippen LogP contribution is -2.26. The largest absolute Gasteiger partial charge is 0.459 e. The second-order valence-electron chi connectivity index (χ2n) is 6.84. The Bertz CT molecular complexity index is 972. The molecule has 8 heteroatoms. The Morgan fingerprint density at radius 2 is 2.11 bits per heavy atom. The van der Waals surface area contributed by atoms with Crippen molar-refractivity contribution in [3.63, 3.8) is 0 Å². The van der Waals surface area contributed by atoms with Gasteiger partial charge < -0.3 is 18.6 Å². The second kappa shape index (κ2) is 6.11. The summed E-state index contributed by atoms with van der Waals surface area (Å²) >= 11 is 0. The summed E-state index contributed by atoms with van der Waals surface area (Å²) in [5.74, 6) is -2.53. The van der Waals surface area contributed by atoms with Gasteiger partial charge in [-0.15, -0.1) is 0 Å². The van der Waals surface area contributed by atoms with Gasteiger partial charge in [0.05, 0.1) is 17.7 Å². The Kier molecular flexibility index (Phi) is 3.97. The molecule has 1 aliphatic carbocycles. The lowest BCUT2D eigenvalue weighted by atomic mass is 9.90. The van der Waals surface area contributed by atoms with Crippen LogP contribution in [0.2, 0.25) is 0 Å². The van der Waals surface area contributed by atoms with Gasteiger partial charge in [0.1, 0.15) is 29.7 Å². The Morgan fingerprint density at radius 3 is 2.81 bits per heavy atom. The van der Waals surface area contributed by atoms with Crippen molar-refractivity contribution < 1.29 is 33.0 Å². The number of ether oxygens (including phenoxy) is 3. The third-order valence-corrected chi connectivity index (χ3v) is 4.46. The first kappa shape index (κ1) is 17.6. The van der Waals surface area contributed by atoms with E-state index in [9.17, 15) is 14.4 Å². The second-order valence-corrected chi connectivity index (χ2v) is 6.84. The number of carbonyl (C=O) groups excluding carboxylic acids is 3. The van der Waals surface area contributed by atoms with E-state index in [4.69, 9.17) is 18.6 Å². The number of furan rings is 1. The van der Waals surface area contributed by atoms with Gasteiger partial charge >= 0.3 is 5.97 Å². The molecule has 1 fully saturated rings. The summed E-state index contributed by atoms with van der Waals surface area (Å²) in [5.41, 5.74) is -0.00280. The van der Waals surface area contributed by atoms with E-state index in [2.05, 4.69) is 4.98 Å². The maximum atomic E-state index is 12.8. The van der Waals surface area contributed by atoms with Gasteiger partial charge in [-0.1, -0.05) is 0 Å². The smallest absolute Gasteiger partial charge is 0.342 e. The lowest BCUT2D eigenvalue weighted by Gasteiger charge is -2.17. The predicted octanol–water partition coefficient (Wildman–Crippen LogP) is 2.07. The maximum absolute atomic E-state index is 12.8. The van der Waals surface area contributed by atoms with Crippen molar-refractivity contribution in [1.82, 2.24) is 4.98 Å². The zero-order chi connectivity index (χ0) is 19.3. The monoisotopic (exact) mass is 371 g/mol. The molecule has 0 aromatic carbocycles. The summed E-state index contributed by atoms with van der Waals surface area (Å²) in [6.45, 7) is 5.28. The molecule has 0 radical (unpaired) electrons. The first-order chi connectivity index (χ1) is 12.8. The highest BCUT2D eigenvalue weighted by Gasteiger charge is 2.40. The third kappa shape index (κ3) is 2.87. The molecular weight excluding hydrogens is 354 g/mol. The Balaban J connectivity index is 1.62. The van der Waals surface area contributed by atoms with E-state index >= 15 is 0 Å². The fraction of sp³-hybridized carbons (Fsp3) is 0.368. The topological polar surface area (TPSA) is 105 Å². The summed E-state index contributed by atoms with van der Waals surface area (Å²) in [7, 11) is 0. The van der Waals surface area contributed by atoms with Crippen molar-refractivity contribution in [2.45, 2.75) is 32.7 Å². The molecule has 4 rings (SSSR count). The van der Waals surface area contributed by atoms with E-state index in [1.807, 2.05) is 0 Å². The molecule has 2 aromatic rings. The Morgan fingerprint density at radius 1 is 1.33 bits per heavy atom. The summed E-state index contributed by atoms with van der Waals surface area (Å²) < 4.78 is 21.8. The van der Waals surface area contributed by atoms with Gasteiger partial charge in [-0.05, 0) is 32.9 Å². The average molecular weight is 371 g/mol. The SMILES string of the molecule is Cc1oc2c(c1C(=O)OC[C@H]1COC(C)(C)O1)C(=O)c1ncccc1C2=O. The Hall–Kier alpha value is -2.84. The fourth-order valence-electron chi connectivity index (χ4n) is 3.26. The quantitative estimate of drug-likeness (QED) is 0.644. The molecule has 1 saturated heterocycles. The van der Waals surface area contributed by atoms with Crippen molar-refractivity contribution in [1.29, 1.82) is 0 Å². The maximum Gasteiger partial charge on any atom is 0.342 e. The number of hydrogen-bond acceptors (Lipinski definition) is 8. The number of aromatic nitrogens is 1. The number of esters is 1. The zero-order valence-corrected chi connectivity index (χ0v) is 15.0. The van der Waals surface area contributed by atoms with Gasteiger partial charge in [0.2, 0.25) is 11.6 Å². The normalized spacial score (nSPS) is 20.3. The van der Waals surface area contributed by atoms with Crippen LogP contribution in [0, 0.1) is 6.92 Å². The molecule has 140 valence electrons. The average Bonchev–Trinajstić information content (AvgIpc) is 3.17. The first-order valence-corrected chi connectivity index (χ1v) is 8.45. The van der Waals surface area contributed by atoms with Gasteiger partial charge in [0.25, 0.3) is 0 Å².